The average molecular weight is 571 g/mol. The van der Waals surface area contributed by atoms with Crippen molar-refractivity contribution in [2.24, 2.45) is 5.92 Å². The number of nitrogens with one attached hydrogen (secondary N) is 1. The van der Waals surface area contributed by atoms with E-state index in [1.165, 1.54) is 64.2 Å². The van der Waals surface area contributed by atoms with Gasteiger partial charge in [0, 0.05) is 44.7 Å². The summed E-state index contributed by atoms with van der Waals surface area (Å²) in [6.07, 6.45) is 16.4. The molecule has 0 bridgehead atoms. The van der Waals surface area contributed by atoms with Crippen molar-refractivity contribution in [3.05, 3.63) is 0 Å². The van der Waals surface area contributed by atoms with Crippen LogP contribution in [0.5, 0.6) is 0 Å². The zero-order valence-electron chi connectivity index (χ0n) is 26.4. The Labute approximate surface area is 245 Å². The number of piperidine rings is 1. The predicted octanol–water partition coefficient (Wildman–Crippen LogP) is 7.24. The van der Waals surface area contributed by atoms with Crippen LogP contribution in [0.15, 0.2) is 0 Å². The molecular formula is C32H62N2O6. The molecule has 0 aromatic rings. The van der Waals surface area contributed by atoms with E-state index in [0.29, 0.717) is 19.6 Å². The van der Waals surface area contributed by atoms with Gasteiger partial charge in [0.2, 0.25) is 0 Å². The molecule has 0 aliphatic carbocycles. The van der Waals surface area contributed by atoms with Gasteiger partial charge in [-0.1, -0.05) is 91.9 Å². The van der Waals surface area contributed by atoms with Crippen molar-refractivity contribution >= 4 is 12.1 Å². The van der Waals surface area contributed by atoms with Crippen LogP contribution in [-0.2, 0) is 23.7 Å². The lowest BCUT2D eigenvalue weighted by molar-refractivity contribution is -0.160. The molecule has 40 heavy (non-hydrogen) atoms. The first-order valence-corrected chi connectivity index (χ1v) is 16.5. The molecule has 0 aromatic heterocycles. The molecule has 0 aromatic carbocycles. The van der Waals surface area contributed by atoms with Gasteiger partial charge < -0.3 is 29.2 Å². The Morgan fingerprint density at radius 1 is 0.775 bits per heavy atom. The molecule has 8 heteroatoms. The van der Waals surface area contributed by atoms with E-state index < -0.39 is 0 Å². The van der Waals surface area contributed by atoms with Crippen molar-refractivity contribution in [2.75, 3.05) is 46.1 Å². The second kappa shape index (κ2) is 25.3. The monoisotopic (exact) mass is 570 g/mol. The molecule has 0 spiro atoms. The van der Waals surface area contributed by atoms with Crippen molar-refractivity contribution in [3.8, 4) is 0 Å². The van der Waals surface area contributed by atoms with E-state index in [1.807, 2.05) is 6.92 Å². The molecule has 1 aliphatic heterocycles. The molecule has 0 radical (unpaired) electrons. The summed E-state index contributed by atoms with van der Waals surface area (Å²) in [6, 6.07) is 0.169. The first-order valence-electron chi connectivity index (χ1n) is 16.5. The number of hydrogen-bond donors (Lipinski definition) is 1. The first-order chi connectivity index (χ1) is 19.5. The number of carbonyl (C=O) groups is 2. The van der Waals surface area contributed by atoms with Crippen LogP contribution in [0.25, 0.3) is 0 Å². The summed E-state index contributed by atoms with van der Waals surface area (Å²) in [5.74, 6) is -0.337. The van der Waals surface area contributed by atoms with Gasteiger partial charge in [0.15, 0.2) is 6.29 Å². The van der Waals surface area contributed by atoms with Crippen LogP contribution >= 0.6 is 0 Å². The van der Waals surface area contributed by atoms with Gasteiger partial charge in [-0.05, 0) is 32.2 Å². The molecule has 1 fully saturated rings. The first kappa shape index (κ1) is 36.6. The molecule has 1 unspecified atom stereocenters. The quantitative estimate of drug-likeness (QED) is 0.0703. The zero-order chi connectivity index (χ0) is 29.3. The predicted molar refractivity (Wildman–Crippen MR) is 161 cm³/mol. The second-order valence-corrected chi connectivity index (χ2v) is 11.5. The highest BCUT2D eigenvalue weighted by Crippen LogP contribution is 2.13. The van der Waals surface area contributed by atoms with E-state index in [0.717, 1.165) is 45.3 Å². The van der Waals surface area contributed by atoms with E-state index in [1.54, 1.807) is 0 Å². The lowest BCUT2D eigenvalue weighted by atomic mass is 10.1. The van der Waals surface area contributed by atoms with Gasteiger partial charge in [-0.25, -0.2) is 4.79 Å². The number of unbranched alkanes of at least 4 members (excludes halogenated alkanes) is 10. The van der Waals surface area contributed by atoms with E-state index >= 15 is 0 Å². The minimum absolute atomic E-state index is 0.0691. The van der Waals surface area contributed by atoms with Gasteiger partial charge in [0.05, 0.1) is 19.6 Å². The van der Waals surface area contributed by atoms with E-state index in [2.05, 4.69) is 31.0 Å². The fourth-order valence-electron chi connectivity index (χ4n) is 4.82. The molecular weight excluding hydrogens is 508 g/mol. The van der Waals surface area contributed by atoms with Crippen molar-refractivity contribution in [1.29, 1.82) is 0 Å². The van der Waals surface area contributed by atoms with Crippen LogP contribution in [-0.4, -0.2) is 75.4 Å². The second-order valence-electron chi connectivity index (χ2n) is 11.5. The number of carbonyl (C=O) groups excluding carboxylic acids is 2. The Balaban J connectivity index is 2.24. The third-order valence-electron chi connectivity index (χ3n) is 7.57. The van der Waals surface area contributed by atoms with Crippen molar-refractivity contribution in [3.63, 3.8) is 0 Å². The van der Waals surface area contributed by atoms with Gasteiger partial charge in [-0.15, -0.1) is 0 Å². The summed E-state index contributed by atoms with van der Waals surface area (Å²) >= 11 is 0. The topological polar surface area (TPSA) is 86.3 Å². The standard InChI is InChI=1S/C32H62N2O6/c1-5-8-10-12-14-16-24-37-31(38-25-17-15-13-11-9-6-2)19-18-30(35)39-26-28(4)27-40-32(36)33-29-20-22-34(7-3)23-21-29/h28-29,31H,5-27H2,1-4H3,(H,33,36). The largest absolute Gasteiger partial charge is 0.465 e. The number of nitrogens with zero attached hydrogens (tertiary/aromatic N) is 1. The van der Waals surface area contributed by atoms with Crippen LogP contribution in [0.2, 0.25) is 0 Å². The number of amides is 1. The Bertz CT molecular complexity index is 594. The molecule has 0 saturated carbocycles. The molecule has 1 saturated heterocycles. The van der Waals surface area contributed by atoms with E-state index in [-0.39, 0.29) is 49.9 Å². The molecule has 1 amide bonds. The summed E-state index contributed by atoms with van der Waals surface area (Å²) in [5.41, 5.74) is 0. The van der Waals surface area contributed by atoms with Crippen molar-refractivity contribution in [2.45, 2.75) is 143 Å². The number of hydrogen-bond acceptors (Lipinski definition) is 7. The van der Waals surface area contributed by atoms with Gasteiger partial charge in [0.1, 0.15) is 0 Å². The minimum Gasteiger partial charge on any atom is -0.465 e. The number of ether oxygens (including phenoxy) is 4. The highest BCUT2D eigenvalue weighted by molar-refractivity contribution is 5.69. The fourth-order valence-corrected chi connectivity index (χ4v) is 4.82. The maximum atomic E-state index is 12.4. The Morgan fingerprint density at radius 2 is 1.30 bits per heavy atom. The average Bonchev–Trinajstić information content (AvgIpc) is 2.96. The number of likely N-dealkylation sites (tertiary alicyclic amines) is 1. The summed E-state index contributed by atoms with van der Waals surface area (Å²) in [6.45, 7) is 13.4. The molecule has 1 atom stereocenters. The maximum absolute atomic E-state index is 12.4. The normalized spacial score (nSPS) is 15.3. The van der Waals surface area contributed by atoms with Crippen LogP contribution in [0, 0.1) is 5.92 Å². The number of alkyl carbamates (subject to hydrolysis) is 1. The Morgan fingerprint density at radius 3 is 1.85 bits per heavy atom. The molecule has 1 N–H and O–H groups in total. The van der Waals surface area contributed by atoms with Gasteiger partial charge in [-0.3, -0.25) is 4.79 Å². The van der Waals surface area contributed by atoms with Crippen LogP contribution < -0.4 is 5.32 Å². The fraction of sp³-hybridized carbons (Fsp3) is 0.938. The molecule has 8 nitrogen and oxygen atoms in total. The lowest BCUT2D eigenvalue weighted by Crippen LogP contribution is -2.44. The summed E-state index contributed by atoms with van der Waals surface area (Å²) in [7, 11) is 0. The zero-order valence-corrected chi connectivity index (χ0v) is 26.4. The van der Waals surface area contributed by atoms with Crippen LogP contribution in [0.3, 0.4) is 0 Å². The third kappa shape index (κ3) is 20.5. The van der Waals surface area contributed by atoms with E-state index in [4.69, 9.17) is 18.9 Å². The van der Waals surface area contributed by atoms with Crippen molar-refractivity contribution in [1.82, 2.24) is 10.2 Å². The van der Waals surface area contributed by atoms with Crippen LogP contribution in [0.1, 0.15) is 130 Å². The molecule has 1 rings (SSSR count). The smallest absolute Gasteiger partial charge is 0.407 e. The Hall–Kier alpha value is -1.38. The number of esters is 1. The highest BCUT2D eigenvalue weighted by atomic mass is 16.7. The van der Waals surface area contributed by atoms with Gasteiger partial charge in [-0.2, -0.15) is 0 Å². The summed E-state index contributed by atoms with van der Waals surface area (Å²) in [4.78, 5) is 26.9. The highest BCUT2D eigenvalue weighted by Gasteiger charge is 2.21. The maximum Gasteiger partial charge on any atom is 0.407 e. The molecule has 1 aliphatic rings. The number of rotatable bonds is 25. The molecule has 1 heterocycles. The summed E-state index contributed by atoms with van der Waals surface area (Å²) in [5, 5.41) is 2.96. The lowest BCUT2D eigenvalue weighted by Gasteiger charge is -2.31. The Kier molecular flexibility index (Phi) is 23.2. The third-order valence-corrected chi connectivity index (χ3v) is 7.57. The van der Waals surface area contributed by atoms with Crippen molar-refractivity contribution < 1.29 is 28.5 Å². The molecule has 236 valence electrons. The minimum atomic E-state index is -0.388. The van der Waals surface area contributed by atoms with E-state index in [9.17, 15) is 9.59 Å². The summed E-state index contributed by atoms with van der Waals surface area (Å²) < 4.78 is 22.8. The SMILES string of the molecule is CCCCCCCCOC(CCC(=O)OCC(C)COC(=O)NC1CCN(CC)CC1)OCCCCCCCC. The van der Waals surface area contributed by atoms with Gasteiger partial charge >= 0.3 is 12.1 Å². The van der Waals surface area contributed by atoms with Crippen LogP contribution in [0.4, 0.5) is 4.79 Å². The van der Waals surface area contributed by atoms with Gasteiger partial charge in [0.25, 0.3) is 0 Å².